The maximum absolute atomic E-state index is 13.0. The van der Waals surface area contributed by atoms with Gasteiger partial charge in [-0.1, -0.05) is 0 Å². The number of carbonyl (C=O) groups excluding carboxylic acids is 1. The highest BCUT2D eigenvalue weighted by molar-refractivity contribution is 5.93. The number of rotatable bonds is 4. The van der Waals surface area contributed by atoms with E-state index in [4.69, 9.17) is 4.74 Å². The number of H-pyrrole nitrogens is 1. The molecule has 164 valence electrons. The number of hydrogen-bond acceptors (Lipinski definition) is 5. The summed E-state index contributed by atoms with van der Waals surface area (Å²) < 4.78 is 44.9. The van der Waals surface area contributed by atoms with Crippen molar-refractivity contribution in [1.29, 1.82) is 0 Å². The predicted octanol–water partition coefficient (Wildman–Crippen LogP) is 4.26. The lowest BCUT2D eigenvalue weighted by Gasteiger charge is -2.19. The number of benzene rings is 1. The molecular weight excluding hydrogens is 425 g/mol. The van der Waals surface area contributed by atoms with Crippen LogP contribution < -0.4 is 10.1 Å². The third-order valence-corrected chi connectivity index (χ3v) is 6.66. The predicted molar refractivity (Wildman–Crippen MR) is 105 cm³/mol. The Bertz CT molecular complexity index is 1270. The van der Waals surface area contributed by atoms with Gasteiger partial charge in [0.2, 0.25) is 5.91 Å². The minimum absolute atomic E-state index is 0.0700. The summed E-state index contributed by atoms with van der Waals surface area (Å²) >= 11 is 0. The first-order valence-electron chi connectivity index (χ1n) is 10.2. The third-order valence-electron chi connectivity index (χ3n) is 6.66. The first-order valence-corrected chi connectivity index (χ1v) is 10.2. The number of hydrogen-bond donors (Lipinski definition) is 3. The van der Waals surface area contributed by atoms with Crippen molar-refractivity contribution in [3.05, 3.63) is 59.3 Å². The van der Waals surface area contributed by atoms with Gasteiger partial charge in [0.05, 0.1) is 6.20 Å². The molecule has 2 aliphatic carbocycles. The van der Waals surface area contributed by atoms with E-state index >= 15 is 0 Å². The van der Waals surface area contributed by atoms with Gasteiger partial charge in [-0.2, -0.15) is 13.2 Å². The SMILES string of the molecule is O=C1CCc2c(Oc3ccc(O)c(C4C5CC54c4ncc(C(F)(F)F)[nH]4)c3)ccnc2N1. The number of nitrogens with zero attached hydrogens (tertiary/aromatic N) is 2. The van der Waals surface area contributed by atoms with Gasteiger partial charge in [-0.15, -0.1) is 0 Å². The van der Waals surface area contributed by atoms with Crippen molar-refractivity contribution in [2.75, 3.05) is 5.32 Å². The molecule has 3 atom stereocenters. The first kappa shape index (κ1) is 19.1. The molecule has 32 heavy (non-hydrogen) atoms. The number of pyridine rings is 1. The Morgan fingerprint density at radius 2 is 2.03 bits per heavy atom. The standard InChI is InChI=1S/C22H17F3N4O3/c23-22(24,25)16-9-27-20(28-16)21-8-13(21)18(21)12-7-10(1-3-14(12)30)32-15-5-6-26-19-11(15)2-4-17(31)29-19/h1,3,5-7,9,13,18,30H,2,4,8H2,(H,27,28)(H,26,29,31). The maximum atomic E-state index is 13.0. The molecule has 3 heterocycles. The van der Waals surface area contributed by atoms with Crippen molar-refractivity contribution < 1.29 is 27.8 Å². The van der Waals surface area contributed by atoms with E-state index in [2.05, 4.69) is 20.3 Å². The van der Waals surface area contributed by atoms with Gasteiger partial charge in [-0.3, -0.25) is 4.79 Å². The summed E-state index contributed by atoms with van der Waals surface area (Å²) in [5.74, 6) is 1.81. The number of carbonyl (C=O) groups is 1. The Morgan fingerprint density at radius 1 is 1.19 bits per heavy atom. The number of aromatic hydroxyl groups is 1. The van der Waals surface area contributed by atoms with Crippen LogP contribution in [0, 0.1) is 5.92 Å². The van der Waals surface area contributed by atoms with Crippen molar-refractivity contribution in [3.8, 4) is 17.2 Å². The smallest absolute Gasteiger partial charge is 0.432 e. The molecular formula is C22H17F3N4O3. The fourth-order valence-electron chi connectivity index (χ4n) is 4.85. The van der Waals surface area contributed by atoms with Crippen LogP contribution in [-0.2, 0) is 22.8 Å². The molecule has 3 unspecified atom stereocenters. The van der Waals surface area contributed by atoms with Crippen LogP contribution in [0.2, 0.25) is 0 Å². The lowest BCUT2D eigenvalue weighted by molar-refractivity contribution is -0.141. The van der Waals surface area contributed by atoms with Crippen molar-refractivity contribution in [1.82, 2.24) is 15.0 Å². The van der Waals surface area contributed by atoms with Crippen LogP contribution in [0.15, 0.2) is 36.7 Å². The summed E-state index contributed by atoms with van der Waals surface area (Å²) in [7, 11) is 0. The third kappa shape index (κ3) is 2.78. The van der Waals surface area contributed by atoms with E-state index < -0.39 is 17.3 Å². The molecule has 1 amide bonds. The number of fused-ring (bicyclic) bond motifs is 2. The molecule has 2 saturated carbocycles. The highest BCUT2D eigenvalue weighted by Crippen LogP contribution is 2.84. The van der Waals surface area contributed by atoms with E-state index in [0.717, 1.165) is 18.2 Å². The average Bonchev–Trinajstić information content (AvgIpc) is 3.54. The molecule has 0 bridgehead atoms. The van der Waals surface area contributed by atoms with Gasteiger partial charge in [0.25, 0.3) is 0 Å². The molecule has 7 nitrogen and oxygen atoms in total. The van der Waals surface area contributed by atoms with E-state index in [-0.39, 0.29) is 23.5 Å². The van der Waals surface area contributed by atoms with Crippen LogP contribution >= 0.6 is 0 Å². The summed E-state index contributed by atoms with van der Waals surface area (Å²) in [4.78, 5) is 22.2. The number of aromatic amines is 1. The first-order chi connectivity index (χ1) is 15.3. The minimum Gasteiger partial charge on any atom is -0.508 e. The van der Waals surface area contributed by atoms with Crippen LogP contribution in [0.3, 0.4) is 0 Å². The zero-order valence-electron chi connectivity index (χ0n) is 16.5. The van der Waals surface area contributed by atoms with E-state index in [1.165, 1.54) is 6.07 Å². The van der Waals surface area contributed by atoms with Gasteiger partial charge in [-0.25, -0.2) is 9.97 Å². The van der Waals surface area contributed by atoms with Crippen LogP contribution in [0.5, 0.6) is 17.2 Å². The second-order valence-electron chi connectivity index (χ2n) is 8.48. The number of ether oxygens (including phenoxy) is 1. The lowest BCUT2D eigenvalue weighted by Crippen LogP contribution is -2.20. The average molecular weight is 442 g/mol. The quantitative estimate of drug-likeness (QED) is 0.561. The molecule has 0 radical (unpaired) electrons. The Labute approximate surface area is 179 Å². The van der Waals surface area contributed by atoms with Crippen molar-refractivity contribution in [2.45, 2.75) is 36.8 Å². The zero-order chi connectivity index (χ0) is 22.3. The van der Waals surface area contributed by atoms with Crippen molar-refractivity contribution >= 4 is 11.7 Å². The molecule has 1 aliphatic heterocycles. The van der Waals surface area contributed by atoms with Gasteiger partial charge < -0.3 is 20.1 Å². The fourth-order valence-corrected chi connectivity index (χ4v) is 4.85. The normalized spacial score (nSPS) is 25.5. The molecule has 6 rings (SSSR count). The zero-order valence-corrected chi connectivity index (χ0v) is 16.5. The second-order valence-corrected chi connectivity index (χ2v) is 8.48. The van der Waals surface area contributed by atoms with Gasteiger partial charge in [0.1, 0.15) is 34.6 Å². The molecule has 2 fully saturated rings. The fraction of sp³-hybridized carbons (Fsp3) is 0.318. The summed E-state index contributed by atoms with van der Waals surface area (Å²) in [6.45, 7) is 0. The summed E-state index contributed by atoms with van der Waals surface area (Å²) in [6.07, 6.45) is -0.546. The second kappa shape index (κ2) is 6.24. The van der Waals surface area contributed by atoms with Gasteiger partial charge in [-0.05, 0) is 43.0 Å². The Balaban J connectivity index is 1.28. The molecule has 2 aromatic heterocycles. The number of amides is 1. The molecule has 3 N–H and O–H groups in total. The van der Waals surface area contributed by atoms with Crippen molar-refractivity contribution in [2.24, 2.45) is 5.92 Å². The Hall–Kier alpha value is -3.56. The summed E-state index contributed by atoms with van der Waals surface area (Å²) in [5, 5.41) is 13.2. The van der Waals surface area contributed by atoms with E-state index in [9.17, 15) is 23.1 Å². The highest BCUT2D eigenvalue weighted by Gasteiger charge is 2.81. The minimum atomic E-state index is -4.48. The van der Waals surface area contributed by atoms with Gasteiger partial charge >= 0.3 is 6.18 Å². The number of nitrogens with one attached hydrogen (secondary N) is 2. The van der Waals surface area contributed by atoms with Crippen molar-refractivity contribution in [3.63, 3.8) is 0 Å². The van der Waals surface area contributed by atoms with Crippen LogP contribution in [0.1, 0.15) is 41.4 Å². The number of aromatic nitrogens is 3. The number of imidazole rings is 1. The Kier molecular flexibility index (Phi) is 3.73. The molecule has 3 aliphatic rings. The number of alkyl halides is 3. The number of anilines is 1. The van der Waals surface area contributed by atoms with E-state index in [0.29, 0.717) is 41.5 Å². The van der Waals surface area contributed by atoms with Gasteiger partial charge in [0.15, 0.2) is 0 Å². The highest BCUT2D eigenvalue weighted by atomic mass is 19.4. The van der Waals surface area contributed by atoms with E-state index in [1.54, 1.807) is 24.4 Å². The van der Waals surface area contributed by atoms with Crippen LogP contribution in [0.4, 0.5) is 19.0 Å². The van der Waals surface area contributed by atoms with Gasteiger partial charge in [0, 0.05) is 35.1 Å². The maximum Gasteiger partial charge on any atom is 0.432 e. The lowest BCUT2D eigenvalue weighted by atomic mass is 9.95. The number of phenolic OH excluding ortho intramolecular Hbond substituents is 1. The summed E-state index contributed by atoms with van der Waals surface area (Å²) in [6, 6.07) is 6.58. The Morgan fingerprint density at radius 3 is 2.78 bits per heavy atom. The molecule has 1 aromatic carbocycles. The monoisotopic (exact) mass is 442 g/mol. The number of halogens is 3. The number of phenols is 1. The summed E-state index contributed by atoms with van der Waals surface area (Å²) in [5.41, 5.74) is 0.0661. The van der Waals surface area contributed by atoms with Crippen LogP contribution in [-0.4, -0.2) is 26.0 Å². The molecule has 0 saturated heterocycles. The topological polar surface area (TPSA) is 100 Å². The molecule has 10 heteroatoms. The largest absolute Gasteiger partial charge is 0.508 e. The van der Waals surface area contributed by atoms with Crippen LogP contribution in [0.25, 0.3) is 0 Å². The molecule has 0 spiro atoms. The van der Waals surface area contributed by atoms with E-state index in [1.807, 2.05) is 0 Å². The molecule has 3 aromatic rings.